The second-order valence-corrected chi connectivity index (χ2v) is 5.31. The van der Waals surface area contributed by atoms with Gasteiger partial charge in [0.15, 0.2) is 0 Å². The van der Waals surface area contributed by atoms with E-state index in [2.05, 4.69) is 26.0 Å². The van der Waals surface area contributed by atoms with E-state index in [0.717, 1.165) is 15.8 Å². The van der Waals surface area contributed by atoms with Crippen molar-refractivity contribution in [1.29, 1.82) is 0 Å². The molecule has 104 valence electrons. The standard InChI is InChI=1S/C14H12BrClN2O2/c1-20-14(19)10-6-8(3-5-13(10)17)18-9-2-4-11(15)12(16)7-9/h2-7,18H,17H2,1H3. The molecule has 2 aromatic carbocycles. The molecule has 0 radical (unpaired) electrons. The molecule has 0 saturated carbocycles. The van der Waals surface area contributed by atoms with Crippen LogP contribution in [0.1, 0.15) is 10.4 Å². The summed E-state index contributed by atoms with van der Waals surface area (Å²) in [7, 11) is 1.32. The van der Waals surface area contributed by atoms with Gasteiger partial charge < -0.3 is 15.8 Å². The number of hydrogen-bond donors (Lipinski definition) is 2. The van der Waals surface area contributed by atoms with Crippen molar-refractivity contribution in [2.45, 2.75) is 0 Å². The topological polar surface area (TPSA) is 64.3 Å². The van der Waals surface area contributed by atoms with Crippen LogP contribution in [0.15, 0.2) is 40.9 Å². The summed E-state index contributed by atoms with van der Waals surface area (Å²) in [4.78, 5) is 11.6. The van der Waals surface area contributed by atoms with E-state index in [1.54, 1.807) is 24.3 Å². The summed E-state index contributed by atoms with van der Waals surface area (Å²) >= 11 is 9.36. The minimum atomic E-state index is -0.472. The number of benzene rings is 2. The van der Waals surface area contributed by atoms with Gasteiger partial charge in [-0.25, -0.2) is 4.79 Å². The highest BCUT2D eigenvalue weighted by Gasteiger charge is 2.11. The van der Waals surface area contributed by atoms with E-state index in [9.17, 15) is 4.79 Å². The molecule has 0 unspecified atom stereocenters. The van der Waals surface area contributed by atoms with Gasteiger partial charge in [-0.2, -0.15) is 0 Å². The van der Waals surface area contributed by atoms with Crippen molar-refractivity contribution in [1.82, 2.24) is 0 Å². The Balaban J connectivity index is 2.29. The van der Waals surface area contributed by atoms with E-state index in [0.29, 0.717) is 16.3 Å². The minimum absolute atomic E-state index is 0.320. The van der Waals surface area contributed by atoms with Crippen LogP contribution >= 0.6 is 27.5 Å². The van der Waals surface area contributed by atoms with Crippen LogP contribution in [0.25, 0.3) is 0 Å². The number of ether oxygens (including phenoxy) is 1. The first-order valence-electron chi connectivity index (χ1n) is 5.71. The normalized spacial score (nSPS) is 10.2. The average molecular weight is 356 g/mol. The number of esters is 1. The molecule has 0 saturated heterocycles. The van der Waals surface area contributed by atoms with Gasteiger partial charge in [0.05, 0.1) is 17.7 Å². The summed E-state index contributed by atoms with van der Waals surface area (Å²) in [6, 6.07) is 10.5. The Morgan fingerprint density at radius 3 is 2.55 bits per heavy atom. The molecule has 2 aromatic rings. The lowest BCUT2D eigenvalue weighted by molar-refractivity contribution is 0.0602. The average Bonchev–Trinajstić information content (AvgIpc) is 2.44. The number of hydrogen-bond acceptors (Lipinski definition) is 4. The molecule has 3 N–H and O–H groups in total. The molecule has 0 fully saturated rings. The Morgan fingerprint density at radius 1 is 1.25 bits per heavy atom. The Kier molecular flexibility index (Phi) is 4.52. The smallest absolute Gasteiger partial charge is 0.340 e. The molecule has 0 aliphatic heterocycles. The molecule has 0 aliphatic rings. The monoisotopic (exact) mass is 354 g/mol. The predicted octanol–water partition coefficient (Wildman–Crippen LogP) is 4.21. The highest BCUT2D eigenvalue weighted by Crippen LogP contribution is 2.28. The maximum atomic E-state index is 11.6. The minimum Gasteiger partial charge on any atom is -0.465 e. The zero-order valence-corrected chi connectivity index (χ0v) is 13.0. The second kappa shape index (κ2) is 6.15. The first-order chi connectivity index (χ1) is 9.51. The van der Waals surface area contributed by atoms with Crippen LogP contribution in [0, 0.1) is 0 Å². The van der Waals surface area contributed by atoms with Crippen molar-refractivity contribution in [3.05, 3.63) is 51.5 Å². The predicted molar refractivity (Wildman–Crippen MR) is 84.6 cm³/mol. The zero-order chi connectivity index (χ0) is 14.7. The Morgan fingerprint density at radius 2 is 1.90 bits per heavy atom. The van der Waals surface area contributed by atoms with Crippen molar-refractivity contribution in [2.75, 3.05) is 18.2 Å². The van der Waals surface area contributed by atoms with Crippen molar-refractivity contribution in [3.8, 4) is 0 Å². The number of halogens is 2. The van der Waals surface area contributed by atoms with Crippen molar-refractivity contribution in [2.24, 2.45) is 0 Å². The molecule has 0 atom stereocenters. The van der Waals surface area contributed by atoms with Gasteiger partial charge in [0.2, 0.25) is 0 Å². The van der Waals surface area contributed by atoms with Gasteiger partial charge >= 0.3 is 5.97 Å². The molecule has 0 spiro atoms. The summed E-state index contributed by atoms with van der Waals surface area (Å²) in [5.74, 6) is -0.472. The number of anilines is 3. The van der Waals surface area contributed by atoms with Gasteiger partial charge in [-0.15, -0.1) is 0 Å². The number of carbonyl (C=O) groups excluding carboxylic acids is 1. The van der Waals surface area contributed by atoms with Crippen LogP contribution in [-0.2, 0) is 4.74 Å². The van der Waals surface area contributed by atoms with Crippen molar-refractivity contribution < 1.29 is 9.53 Å². The molecule has 0 bridgehead atoms. The van der Waals surface area contributed by atoms with Crippen LogP contribution in [-0.4, -0.2) is 13.1 Å². The second-order valence-electron chi connectivity index (χ2n) is 4.05. The highest BCUT2D eigenvalue weighted by atomic mass is 79.9. The summed E-state index contributed by atoms with van der Waals surface area (Å²) < 4.78 is 5.50. The van der Waals surface area contributed by atoms with Crippen LogP contribution in [0.4, 0.5) is 17.1 Å². The van der Waals surface area contributed by atoms with Gasteiger partial charge in [0.25, 0.3) is 0 Å². The Hall–Kier alpha value is -1.72. The molecule has 0 amide bonds. The molecule has 20 heavy (non-hydrogen) atoms. The van der Waals surface area contributed by atoms with E-state index in [-0.39, 0.29) is 0 Å². The molecule has 6 heteroatoms. The quantitative estimate of drug-likeness (QED) is 0.639. The number of carbonyl (C=O) groups is 1. The van der Waals surface area contributed by atoms with Gasteiger partial charge in [0.1, 0.15) is 0 Å². The van der Waals surface area contributed by atoms with Gasteiger partial charge in [0, 0.05) is 21.5 Å². The van der Waals surface area contributed by atoms with Crippen molar-refractivity contribution >= 4 is 50.6 Å². The number of methoxy groups -OCH3 is 1. The molecular weight excluding hydrogens is 344 g/mol. The van der Waals surface area contributed by atoms with Crippen LogP contribution in [0.5, 0.6) is 0 Å². The number of rotatable bonds is 3. The summed E-state index contributed by atoms with van der Waals surface area (Å²) in [5, 5.41) is 3.75. The Labute approximate surface area is 130 Å². The van der Waals surface area contributed by atoms with Crippen LogP contribution in [0.2, 0.25) is 5.02 Å². The molecular formula is C14H12BrClN2O2. The van der Waals surface area contributed by atoms with Gasteiger partial charge in [-0.3, -0.25) is 0 Å². The lowest BCUT2D eigenvalue weighted by Crippen LogP contribution is -2.06. The van der Waals surface area contributed by atoms with E-state index in [1.807, 2.05) is 12.1 Å². The third kappa shape index (κ3) is 3.23. The molecule has 0 aliphatic carbocycles. The van der Waals surface area contributed by atoms with E-state index >= 15 is 0 Å². The fourth-order valence-electron chi connectivity index (χ4n) is 1.66. The number of nitrogens with one attached hydrogen (secondary N) is 1. The largest absolute Gasteiger partial charge is 0.465 e. The maximum Gasteiger partial charge on any atom is 0.340 e. The lowest BCUT2D eigenvalue weighted by atomic mass is 10.1. The first kappa shape index (κ1) is 14.7. The fourth-order valence-corrected chi connectivity index (χ4v) is 2.09. The first-order valence-corrected chi connectivity index (χ1v) is 6.88. The number of nitrogen functional groups attached to an aromatic ring is 1. The van der Waals surface area contributed by atoms with Crippen LogP contribution in [0.3, 0.4) is 0 Å². The van der Waals surface area contributed by atoms with Gasteiger partial charge in [-0.1, -0.05) is 11.6 Å². The summed E-state index contributed by atoms with van der Waals surface area (Å²) in [5.41, 5.74) is 7.96. The molecule has 4 nitrogen and oxygen atoms in total. The van der Waals surface area contributed by atoms with Gasteiger partial charge in [-0.05, 0) is 52.3 Å². The highest BCUT2D eigenvalue weighted by molar-refractivity contribution is 9.10. The van der Waals surface area contributed by atoms with Crippen LogP contribution < -0.4 is 11.1 Å². The molecule has 0 aromatic heterocycles. The Bertz CT molecular complexity index is 662. The third-order valence-corrected chi connectivity index (χ3v) is 3.90. The fraction of sp³-hybridized carbons (Fsp3) is 0.0714. The van der Waals surface area contributed by atoms with Crippen molar-refractivity contribution in [3.63, 3.8) is 0 Å². The summed E-state index contributed by atoms with van der Waals surface area (Å²) in [6.07, 6.45) is 0. The lowest BCUT2D eigenvalue weighted by Gasteiger charge is -2.10. The SMILES string of the molecule is COC(=O)c1cc(Nc2ccc(Br)c(Cl)c2)ccc1N. The van der Waals surface area contributed by atoms with E-state index in [1.165, 1.54) is 7.11 Å². The van der Waals surface area contributed by atoms with E-state index in [4.69, 9.17) is 17.3 Å². The molecule has 2 rings (SSSR count). The molecule has 0 heterocycles. The summed E-state index contributed by atoms with van der Waals surface area (Å²) in [6.45, 7) is 0. The van der Waals surface area contributed by atoms with E-state index < -0.39 is 5.97 Å². The zero-order valence-electron chi connectivity index (χ0n) is 10.6. The third-order valence-electron chi connectivity index (χ3n) is 2.67. The number of nitrogens with two attached hydrogens (primary N) is 1. The maximum absolute atomic E-state index is 11.6.